The van der Waals surface area contributed by atoms with Crippen LogP contribution in [-0.4, -0.2) is 11.1 Å². The van der Waals surface area contributed by atoms with Gasteiger partial charge < -0.3 is 10.8 Å². The molecular weight excluding hydrogens is 102 g/mol. The molecule has 0 aromatic carbocycles. The van der Waals surface area contributed by atoms with Crippen molar-refractivity contribution in [1.82, 2.24) is 0 Å². The monoisotopic (exact) mass is 115 g/mol. The Kier molecular flexibility index (Phi) is 2.55. The van der Waals surface area contributed by atoms with Crippen LogP contribution in [0.15, 0.2) is 12.3 Å². The normalized spacial score (nSPS) is 14.0. The summed E-state index contributed by atoms with van der Waals surface area (Å²) in [6.07, 6.45) is 0. The molecular formula is C6H13NO. The van der Waals surface area contributed by atoms with Gasteiger partial charge in [-0.3, -0.25) is 0 Å². The minimum atomic E-state index is -0.269. The van der Waals surface area contributed by atoms with E-state index in [2.05, 4.69) is 6.58 Å². The highest BCUT2D eigenvalue weighted by Crippen LogP contribution is 2.03. The smallest absolute Gasteiger partial charge is 0.102 e. The van der Waals surface area contributed by atoms with E-state index >= 15 is 0 Å². The fraction of sp³-hybridized carbons (Fsp3) is 0.667. The van der Waals surface area contributed by atoms with Gasteiger partial charge in [0.15, 0.2) is 0 Å². The number of hydrogen-bond acceptors (Lipinski definition) is 2. The van der Waals surface area contributed by atoms with Gasteiger partial charge in [-0.2, -0.15) is 0 Å². The van der Waals surface area contributed by atoms with Crippen molar-refractivity contribution < 1.29 is 5.11 Å². The molecule has 0 unspecified atom stereocenters. The molecule has 0 bridgehead atoms. The molecule has 0 aromatic heterocycles. The van der Waals surface area contributed by atoms with Gasteiger partial charge in [0.2, 0.25) is 0 Å². The zero-order chi connectivity index (χ0) is 6.73. The molecule has 0 rings (SSSR count). The second kappa shape index (κ2) is 2.72. The molecule has 3 N–H and O–H groups in total. The van der Waals surface area contributed by atoms with Crippen LogP contribution >= 0.6 is 0 Å². The maximum Gasteiger partial charge on any atom is 0.102 e. The Bertz CT molecular complexity index is 88.5. The van der Waals surface area contributed by atoms with Crippen LogP contribution in [0, 0.1) is 5.92 Å². The molecule has 0 aliphatic heterocycles. The van der Waals surface area contributed by atoms with Crippen molar-refractivity contribution in [2.75, 3.05) is 0 Å². The molecule has 2 heteroatoms. The van der Waals surface area contributed by atoms with Crippen LogP contribution in [0.1, 0.15) is 13.8 Å². The number of nitrogens with two attached hydrogens (primary N) is 1. The van der Waals surface area contributed by atoms with Crippen LogP contribution in [0.3, 0.4) is 0 Å². The highest BCUT2D eigenvalue weighted by molar-refractivity contribution is 4.93. The summed E-state index contributed by atoms with van der Waals surface area (Å²) in [5.74, 6) is 0.340. The summed E-state index contributed by atoms with van der Waals surface area (Å²) in [4.78, 5) is 0. The van der Waals surface area contributed by atoms with Gasteiger partial charge in [-0.05, 0) is 5.92 Å². The quantitative estimate of drug-likeness (QED) is 0.528. The molecule has 0 saturated heterocycles. The topological polar surface area (TPSA) is 46.2 Å². The lowest BCUT2D eigenvalue weighted by atomic mass is 10.0. The molecule has 0 radical (unpaired) electrons. The average Bonchev–Trinajstić information content (AvgIpc) is 1.64. The summed E-state index contributed by atoms with van der Waals surface area (Å²) in [5.41, 5.74) is 5.41. The summed E-state index contributed by atoms with van der Waals surface area (Å²) < 4.78 is 0. The van der Waals surface area contributed by atoms with E-state index < -0.39 is 0 Å². The fourth-order valence-electron chi connectivity index (χ4n) is 0.385. The summed E-state index contributed by atoms with van der Waals surface area (Å²) in [7, 11) is 0. The van der Waals surface area contributed by atoms with E-state index in [1.807, 2.05) is 13.8 Å². The lowest BCUT2D eigenvalue weighted by molar-refractivity contribution is 0.336. The molecule has 2 nitrogen and oxygen atoms in total. The van der Waals surface area contributed by atoms with E-state index in [9.17, 15) is 0 Å². The second-order valence-corrected chi connectivity index (χ2v) is 2.26. The average molecular weight is 115 g/mol. The first-order chi connectivity index (χ1) is 3.55. The van der Waals surface area contributed by atoms with Gasteiger partial charge in [-0.25, -0.2) is 0 Å². The van der Waals surface area contributed by atoms with Crippen LogP contribution in [0.5, 0.6) is 0 Å². The Balaban J connectivity index is 3.64. The molecule has 8 heavy (non-hydrogen) atoms. The molecule has 48 valence electrons. The van der Waals surface area contributed by atoms with Crippen molar-refractivity contribution in [3.8, 4) is 0 Å². The first-order valence-electron chi connectivity index (χ1n) is 2.69. The lowest BCUT2D eigenvalue weighted by Gasteiger charge is -2.12. The largest absolute Gasteiger partial charge is 0.511 e. The van der Waals surface area contributed by atoms with Gasteiger partial charge in [0.25, 0.3) is 0 Å². The maximum atomic E-state index is 8.67. The first kappa shape index (κ1) is 7.50. The predicted octanol–water partition coefficient (Wildman–Crippen LogP) is 1.04. The van der Waals surface area contributed by atoms with Crippen molar-refractivity contribution >= 4 is 0 Å². The number of rotatable bonds is 2. The minimum absolute atomic E-state index is 0.0694. The SMILES string of the molecule is C=C(O)[C@@H](N)C(C)C. The molecule has 0 aliphatic rings. The standard InChI is InChI=1S/C6H13NO/c1-4(2)6(7)5(3)8/h4,6,8H,3,7H2,1-2H3/t6-/m0/s1. The summed E-state index contributed by atoms with van der Waals surface area (Å²) >= 11 is 0. The van der Waals surface area contributed by atoms with Crippen LogP contribution in [0.25, 0.3) is 0 Å². The highest BCUT2D eigenvalue weighted by Gasteiger charge is 2.08. The molecule has 1 atom stereocenters. The summed E-state index contributed by atoms with van der Waals surface area (Å²) in [5, 5.41) is 8.67. The molecule has 0 aliphatic carbocycles. The lowest BCUT2D eigenvalue weighted by Crippen LogP contribution is -2.27. The summed E-state index contributed by atoms with van der Waals surface area (Å²) in [6, 6.07) is -0.269. The van der Waals surface area contributed by atoms with Gasteiger partial charge in [0.05, 0.1) is 6.04 Å². The van der Waals surface area contributed by atoms with E-state index in [-0.39, 0.29) is 17.7 Å². The third kappa shape index (κ3) is 1.98. The Hall–Kier alpha value is -0.500. The Morgan fingerprint density at radius 2 is 2.00 bits per heavy atom. The van der Waals surface area contributed by atoms with Gasteiger partial charge in [0.1, 0.15) is 5.76 Å². The van der Waals surface area contributed by atoms with Crippen molar-refractivity contribution in [3.63, 3.8) is 0 Å². The van der Waals surface area contributed by atoms with Crippen molar-refractivity contribution in [2.45, 2.75) is 19.9 Å². The van der Waals surface area contributed by atoms with Gasteiger partial charge in [0, 0.05) is 0 Å². The van der Waals surface area contributed by atoms with Crippen LogP contribution in [0.4, 0.5) is 0 Å². The molecule has 0 spiro atoms. The van der Waals surface area contributed by atoms with Gasteiger partial charge in [-0.15, -0.1) is 0 Å². The minimum Gasteiger partial charge on any atom is -0.511 e. The molecule has 0 amide bonds. The van der Waals surface area contributed by atoms with E-state index in [1.54, 1.807) is 0 Å². The third-order valence-corrected chi connectivity index (χ3v) is 1.10. The third-order valence-electron chi connectivity index (χ3n) is 1.10. The van der Waals surface area contributed by atoms with Crippen LogP contribution in [-0.2, 0) is 0 Å². The number of aliphatic hydroxyl groups excluding tert-OH is 1. The predicted molar refractivity (Wildman–Crippen MR) is 34.6 cm³/mol. The van der Waals surface area contributed by atoms with E-state index in [4.69, 9.17) is 10.8 Å². The van der Waals surface area contributed by atoms with Crippen molar-refractivity contribution in [3.05, 3.63) is 12.3 Å². The first-order valence-corrected chi connectivity index (χ1v) is 2.69. The van der Waals surface area contributed by atoms with Gasteiger partial charge in [-0.1, -0.05) is 20.4 Å². The fourth-order valence-corrected chi connectivity index (χ4v) is 0.385. The van der Waals surface area contributed by atoms with Crippen LogP contribution in [0.2, 0.25) is 0 Å². The van der Waals surface area contributed by atoms with E-state index in [0.717, 1.165) is 0 Å². The van der Waals surface area contributed by atoms with Crippen molar-refractivity contribution in [2.24, 2.45) is 11.7 Å². The molecule has 0 fully saturated rings. The second-order valence-electron chi connectivity index (χ2n) is 2.26. The van der Waals surface area contributed by atoms with E-state index in [1.165, 1.54) is 0 Å². The molecule has 0 saturated carbocycles. The maximum absolute atomic E-state index is 8.67. The number of aliphatic hydroxyl groups is 1. The zero-order valence-electron chi connectivity index (χ0n) is 5.39. The summed E-state index contributed by atoms with van der Waals surface area (Å²) in [6.45, 7) is 7.18. The van der Waals surface area contributed by atoms with Gasteiger partial charge >= 0.3 is 0 Å². The van der Waals surface area contributed by atoms with E-state index in [0.29, 0.717) is 0 Å². The zero-order valence-corrected chi connectivity index (χ0v) is 5.39. The number of hydrogen-bond donors (Lipinski definition) is 2. The molecule has 0 heterocycles. The highest BCUT2D eigenvalue weighted by atomic mass is 16.3. The van der Waals surface area contributed by atoms with Crippen LogP contribution < -0.4 is 5.73 Å². The Labute approximate surface area is 50.0 Å². The Morgan fingerprint density at radius 3 is 2.00 bits per heavy atom. The molecule has 0 aromatic rings. The van der Waals surface area contributed by atoms with Crippen molar-refractivity contribution in [1.29, 1.82) is 0 Å². The Morgan fingerprint density at radius 1 is 1.62 bits per heavy atom.